The van der Waals surface area contributed by atoms with Crippen LogP contribution in [0.15, 0.2) is 18.2 Å². The average molecular weight is 266 g/mol. The van der Waals surface area contributed by atoms with Crippen molar-refractivity contribution < 1.29 is 0 Å². The van der Waals surface area contributed by atoms with Gasteiger partial charge in [-0.1, -0.05) is 23.2 Å². The first-order chi connectivity index (χ1) is 6.66. The smallest absolute Gasteiger partial charge is 0.204 e. The van der Waals surface area contributed by atoms with Gasteiger partial charge in [0.1, 0.15) is 5.01 Å². The molecule has 0 unspecified atom stereocenters. The van der Waals surface area contributed by atoms with E-state index in [1.807, 2.05) is 0 Å². The highest BCUT2D eigenvalue weighted by Gasteiger charge is 2.08. The van der Waals surface area contributed by atoms with E-state index in [9.17, 15) is 0 Å². The van der Waals surface area contributed by atoms with Crippen molar-refractivity contribution in [3.8, 4) is 10.6 Å². The van der Waals surface area contributed by atoms with E-state index in [4.69, 9.17) is 34.8 Å². The second-order valence-corrected chi connectivity index (χ2v) is 4.43. The van der Waals surface area contributed by atoms with Crippen LogP contribution < -0.4 is 0 Å². The molecule has 1 aromatic carbocycles. The fourth-order valence-electron chi connectivity index (χ4n) is 0.978. The molecule has 2 nitrogen and oxygen atoms in total. The van der Waals surface area contributed by atoms with E-state index in [-0.39, 0.29) is 5.28 Å². The van der Waals surface area contributed by atoms with E-state index >= 15 is 0 Å². The molecule has 0 atom stereocenters. The maximum absolute atomic E-state index is 5.98. The lowest BCUT2D eigenvalue weighted by Crippen LogP contribution is -1.77. The second kappa shape index (κ2) is 4.03. The van der Waals surface area contributed by atoms with Gasteiger partial charge < -0.3 is 0 Å². The van der Waals surface area contributed by atoms with Crippen molar-refractivity contribution in [1.29, 1.82) is 0 Å². The monoisotopic (exact) mass is 264 g/mol. The molecule has 6 heteroatoms. The number of rotatable bonds is 1. The average Bonchev–Trinajstić information content (AvgIpc) is 2.51. The first-order valence-corrected chi connectivity index (χ1v) is 5.52. The zero-order chi connectivity index (χ0) is 10.1. The topological polar surface area (TPSA) is 25.8 Å². The Hall–Kier alpha value is -0.350. The molecule has 0 radical (unpaired) electrons. The molecule has 0 aliphatic carbocycles. The van der Waals surface area contributed by atoms with Crippen molar-refractivity contribution in [3.05, 3.63) is 33.5 Å². The van der Waals surface area contributed by atoms with Crippen molar-refractivity contribution in [2.45, 2.75) is 0 Å². The van der Waals surface area contributed by atoms with Gasteiger partial charge in [-0.15, -0.1) is 0 Å². The van der Waals surface area contributed by atoms with E-state index in [1.54, 1.807) is 18.2 Å². The highest BCUT2D eigenvalue weighted by atomic mass is 35.5. The van der Waals surface area contributed by atoms with Gasteiger partial charge in [-0.25, -0.2) is 4.98 Å². The van der Waals surface area contributed by atoms with Crippen molar-refractivity contribution in [2.75, 3.05) is 0 Å². The molecule has 0 amide bonds. The van der Waals surface area contributed by atoms with E-state index in [0.717, 1.165) is 5.56 Å². The molecule has 72 valence electrons. The first kappa shape index (κ1) is 10.2. The summed E-state index contributed by atoms with van der Waals surface area (Å²) in [5, 5.41) is 2.06. The van der Waals surface area contributed by atoms with Gasteiger partial charge in [0.15, 0.2) is 0 Å². The van der Waals surface area contributed by atoms with Gasteiger partial charge in [-0.05, 0) is 41.3 Å². The normalized spacial score (nSPS) is 10.5. The van der Waals surface area contributed by atoms with Gasteiger partial charge in [0, 0.05) is 10.6 Å². The Morgan fingerprint density at radius 2 is 1.93 bits per heavy atom. The Labute approximate surface area is 99.6 Å². The van der Waals surface area contributed by atoms with Crippen LogP contribution in [0.3, 0.4) is 0 Å². The minimum atomic E-state index is 0.232. The summed E-state index contributed by atoms with van der Waals surface area (Å²) >= 11 is 18.6. The summed E-state index contributed by atoms with van der Waals surface area (Å²) in [4.78, 5) is 4.02. The molecule has 0 spiro atoms. The number of hydrogen-bond acceptors (Lipinski definition) is 3. The predicted molar refractivity (Wildman–Crippen MR) is 60.4 cm³/mol. The lowest BCUT2D eigenvalue weighted by molar-refractivity contribution is 1.33. The molecule has 0 aliphatic heterocycles. The fourth-order valence-corrected chi connectivity index (χ4v) is 2.38. The van der Waals surface area contributed by atoms with E-state index in [1.165, 1.54) is 11.5 Å². The molecule has 0 bridgehead atoms. The van der Waals surface area contributed by atoms with Crippen LogP contribution in [0.5, 0.6) is 0 Å². The number of halogens is 3. The third-order valence-corrected chi connectivity index (χ3v) is 3.13. The minimum Gasteiger partial charge on any atom is -0.204 e. The van der Waals surface area contributed by atoms with Crippen LogP contribution in [0.4, 0.5) is 0 Å². The molecule has 0 fully saturated rings. The molecule has 14 heavy (non-hydrogen) atoms. The fraction of sp³-hybridized carbons (Fsp3) is 0. The van der Waals surface area contributed by atoms with Gasteiger partial charge in [-0.3, -0.25) is 0 Å². The maximum Gasteiger partial charge on any atom is 0.234 e. The van der Waals surface area contributed by atoms with Crippen molar-refractivity contribution >= 4 is 46.3 Å². The molecule has 0 saturated heterocycles. The predicted octanol–water partition coefficient (Wildman–Crippen LogP) is 4.17. The van der Waals surface area contributed by atoms with Crippen LogP contribution in [-0.4, -0.2) is 9.36 Å². The number of nitrogens with zero attached hydrogens (tertiary/aromatic N) is 2. The third-order valence-electron chi connectivity index (χ3n) is 1.56. The van der Waals surface area contributed by atoms with Gasteiger partial charge in [0.25, 0.3) is 0 Å². The summed E-state index contributed by atoms with van der Waals surface area (Å²) in [5.74, 6) is 0. The molecular formula is C8H3Cl3N2S. The first-order valence-electron chi connectivity index (χ1n) is 3.61. The van der Waals surface area contributed by atoms with Gasteiger partial charge in [0.05, 0.1) is 5.02 Å². The Morgan fingerprint density at radius 3 is 2.50 bits per heavy atom. The Kier molecular flexibility index (Phi) is 2.93. The maximum atomic E-state index is 5.98. The van der Waals surface area contributed by atoms with Crippen LogP contribution in [0, 0.1) is 0 Å². The van der Waals surface area contributed by atoms with E-state index < -0.39 is 0 Å². The lowest BCUT2D eigenvalue weighted by Gasteiger charge is -1.98. The van der Waals surface area contributed by atoms with Gasteiger partial charge in [0.2, 0.25) is 5.28 Å². The molecule has 2 rings (SSSR count). The van der Waals surface area contributed by atoms with E-state index in [0.29, 0.717) is 15.1 Å². The minimum absolute atomic E-state index is 0.232. The van der Waals surface area contributed by atoms with Crippen LogP contribution in [0.2, 0.25) is 15.3 Å². The lowest BCUT2D eigenvalue weighted by atomic mass is 10.2. The summed E-state index contributed by atoms with van der Waals surface area (Å²) < 4.78 is 3.86. The summed E-state index contributed by atoms with van der Waals surface area (Å²) in [5.41, 5.74) is 0.792. The van der Waals surface area contributed by atoms with Crippen LogP contribution in [-0.2, 0) is 0 Å². The summed E-state index contributed by atoms with van der Waals surface area (Å²) in [6, 6.07) is 5.20. The number of hydrogen-bond donors (Lipinski definition) is 0. The highest BCUT2D eigenvalue weighted by Crippen LogP contribution is 2.31. The Morgan fingerprint density at radius 1 is 1.14 bits per heavy atom. The van der Waals surface area contributed by atoms with Gasteiger partial charge in [-0.2, -0.15) is 4.37 Å². The summed E-state index contributed by atoms with van der Waals surface area (Å²) in [6.07, 6.45) is 0. The van der Waals surface area contributed by atoms with Crippen LogP contribution >= 0.6 is 46.3 Å². The summed E-state index contributed by atoms with van der Waals surface area (Å²) in [7, 11) is 0. The summed E-state index contributed by atoms with van der Waals surface area (Å²) in [6.45, 7) is 0. The molecule has 1 heterocycles. The Bertz CT molecular complexity index is 469. The van der Waals surface area contributed by atoms with Crippen LogP contribution in [0.25, 0.3) is 10.6 Å². The Balaban J connectivity index is 2.52. The molecule has 1 aromatic heterocycles. The van der Waals surface area contributed by atoms with Crippen molar-refractivity contribution in [3.63, 3.8) is 0 Å². The van der Waals surface area contributed by atoms with Crippen molar-refractivity contribution in [1.82, 2.24) is 9.36 Å². The van der Waals surface area contributed by atoms with Crippen LogP contribution in [0.1, 0.15) is 0 Å². The molecule has 0 N–H and O–H groups in total. The third kappa shape index (κ3) is 2.01. The molecule has 2 aromatic rings. The molecule has 0 aliphatic rings. The number of aromatic nitrogens is 2. The quantitative estimate of drug-likeness (QED) is 0.773. The van der Waals surface area contributed by atoms with E-state index in [2.05, 4.69) is 9.36 Å². The molecular weight excluding hydrogens is 263 g/mol. The SMILES string of the molecule is Clc1ccc(-c2nc(Cl)ns2)c(Cl)c1. The zero-order valence-corrected chi connectivity index (χ0v) is 9.75. The largest absolute Gasteiger partial charge is 0.234 e. The molecule has 0 saturated carbocycles. The van der Waals surface area contributed by atoms with Gasteiger partial charge >= 0.3 is 0 Å². The highest BCUT2D eigenvalue weighted by molar-refractivity contribution is 7.09. The zero-order valence-electron chi connectivity index (χ0n) is 6.67. The number of benzene rings is 1. The standard InChI is InChI=1S/C8H3Cl3N2S/c9-4-1-2-5(6(10)3-4)7-12-8(11)13-14-7/h1-3H. The second-order valence-electron chi connectivity index (χ2n) is 2.49. The van der Waals surface area contributed by atoms with Crippen molar-refractivity contribution in [2.24, 2.45) is 0 Å².